The van der Waals surface area contributed by atoms with Crippen LogP contribution in [0.2, 0.25) is 0 Å². The number of carbonyl (C=O) groups excluding carboxylic acids is 2. The van der Waals surface area contributed by atoms with Crippen molar-refractivity contribution in [2.75, 3.05) is 6.54 Å². The number of hydrogen-bond donors (Lipinski definition) is 0. The summed E-state index contributed by atoms with van der Waals surface area (Å²) in [6.45, 7) is 0.809. The molecular weight excluding hydrogens is 330 g/mol. The fourth-order valence-corrected chi connectivity index (χ4v) is 5.15. The van der Waals surface area contributed by atoms with E-state index in [0.717, 1.165) is 18.4 Å². The third kappa shape index (κ3) is 2.33. The van der Waals surface area contributed by atoms with Crippen LogP contribution in [0, 0.1) is 11.8 Å². The summed E-state index contributed by atoms with van der Waals surface area (Å²) in [6.07, 6.45) is 8.09. The van der Waals surface area contributed by atoms with Crippen molar-refractivity contribution >= 4 is 11.9 Å². The van der Waals surface area contributed by atoms with Crippen molar-refractivity contribution in [3.8, 4) is 0 Å². The van der Waals surface area contributed by atoms with Crippen molar-refractivity contribution < 1.29 is 19.1 Å². The Bertz CT molecular complexity index is 755. The molecule has 4 aliphatic rings. The van der Waals surface area contributed by atoms with E-state index in [9.17, 15) is 9.59 Å². The molecule has 3 fully saturated rings. The van der Waals surface area contributed by atoms with Crippen molar-refractivity contribution in [1.29, 1.82) is 0 Å². The molecule has 4 atom stereocenters. The van der Waals surface area contributed by atoms with Crippen LogP contribution in [0.4, 0.5) is 0 Å². The first-order chi connectivity index (χ1) is 12.7. The molecular formula is C21H23NO4. The molecule has 0 unspecified atom stereocenters. The fourth-order valence-electron chi connectivity index (χ4n) is 5.15. The highest BCUT2D eigenvalue weighted by molar-refractivity contribution is 5.91. The van der Waals surface area contributed by atoms with E-state index in [1.165, 1.54) is 12.8 Å². The smallest absolute Gasteiger partial charge is 0.313 e. The first kappa shape index (κ1) is 16.1. The number of likely N-dealkylation sites (tertiary alicyclic amines) is 1. The Morgan fingerprint density at radius 2 is 2.00 bits per heavy atom. The molecule has 1 aromatic rings. The molecule has 5 nitrogen and oxygen atoms in total. The van der Waals surface area contributed by atoms with Gasteiger partial charge in [-0.3, -0.25) is 9.59 Å². The largest absolute Gasteiger partial charge is 0.460 e. The second-order valence-corrected chi connectivity index (χ2v) is 7.90. The molecule has 136 valence electrons. The summed E-state index contributed by atoms with van der Waals surface area (Å²) in [5, 5.41) is 0. The maximum atomic E-state index is 13.2. The molecule has 3 heterocycles. The van der Waals surface area contributed by atoms with Gasteiger partial charge in [0.2, 0.25) is 5.91 Å². The van der Waals surface area contributed by atoms with Gasteiger partial charge in [-0.05, 0) is 18.4 Å². The predicted octanol–water partition coefficient (Wildman–Crippen LogP) is 2.45. The van der Waals surface area contributed by atoms with Crippen molar-refractivity contribution in [3.05, 3.63) is 48.0 Å². The van der Waals surface area contributed by atoms with Crippen molar-refractivity contribution in [1.82, 2.24) is 4.90 Å². The first-order valence-electron chi connectivity index (χ1n) is 9.56. The number of esters is 1. The summed E-state index contributed by atoms with van der Waals surface area (Å²) >= 11 is 0. The summed E-state index contributed by atoms with van der Waals surface area (Å²) in [4.78, 5) is 27.9. The summed E-state index contributed by atoms with van der Waals surface area (Å²) in [5.74, 6) is -1.20. The molecule has 5 heteroatoms. The highest BCUT2D eigenvalue weighted by atomic mass is 16.6. The molecule has 1 spiro atoms. The number of benzene rings is 1. The summed E-state index contributed by atoms with van der Waals surface area (Å²) in [6, 6.07) is 9.92. The summed E-state index contributed by atoms with van der Waals surface area (Å²) in [5.41, 5.74) is 0.321. The van der Waals surface area contributed by atoms with Gasteiger partial charge in [-0.1, -0.05) is 55.3 Å². The highest BCUT2D eigenvalue weighted by Crippen LogP contribution is 2.53. The third-order valence-electron chi connectivity index (χ3n) is 6.39. The maximum absolute atomic E-state index is 13.2. The van der Waals surface area contributed by atoms with E-state index in [4.69, 9.17) is 9.47 Å². The zero-order valence-electron chi connectivity index (χ0n) is 14.7. The number of carbonyl (C=O) groups is 2. The van der Waals surface area contributed by atoms with Gasteiger partial charge in [0.1, 0.15) is 18.1 Å². The fraction of sp³-hybridized carbons (Fsp3) is 0.524. The van der Waals surface area contributed by atoms with E-state index in [1.807, 2.05) is 47.4 Å². The maximum Gasteiger partial charge on any atom is 0.313 e. The predicted molar refractivity (Wildman–Crippen MR) is 93.9 cm³/mol. The second kappa shape index (κ2) is 5.95. The van der Waals surface area contributed by atoms with Crippen LogP contribution in [-0.2, 0) is 25.7 Å². The van der Waals surface area contributed by atoms with Crippen LogP contribution in [0.5, 0.6) is 0 Å². The van der Waals surface area contributed by atoms with Crippen molar-refractivity contribution in [2.24, 2.45) is 11.8 Å². The third-order valence-corrected chi connectivity index (χ3v) is 6.39. The van der Waals surface area contributed by atoms with Gasteiger partial charge in [0.15, 0.2) is 0 Å². The minimum absolute atomic E-state index is 0.0745. The standard InChI is InChI=1S/C21H23NO4/c23-19-18-17(20(24)25-12-14-6-2-1-3-7-14)16-10-11-21(18,26-16)13-22(19)15-8-4-5-9-15/h1-3,6-7,10-11,15-18H,4-5,8-9,12-13H2/t16-,17-,18+,21-/m1/s1. The van der Waals surface area contributed by atoms with Crippen LogP contribution >= 0.6 is 0 Å². The second-order valence-electron chi connectivity index (χ2n) is 7.90. The lowest BCUT2D eigenvalue weighted by atomic mass is 9.77. The van der Waals surface area contributed by atoms with Gasteiger partial charge < -0.3 is 14.4 Å². The molecule has 5 rings (SSSR count). The molecule has 0 N–H and O–H groups in total. The van der Waals surface area contributed by atoms with Gasteiger partial charge in [-0.15, -0.1) is 0 Å². The van der Waals surface area contributed by atoms with Gasteiger partial charge in [-0.2, -0.15) is 0 Å². The Hall–Kier alpha value is -2.14. The number of hydrogen-bond acceptors (Lipinski definition) is 4. The highest BCUT2D eigenvalue weighted by Gasteiger charge is 2.67. The number of amides is 1. The lowest BCUT2D eigenvalue weighted by Crippen LogP contribution is -2.41. The number of ether oxygens (including phenoxy) is 2. The molecule has 1 aromatic carbocycles. The number of rotatable bonds is 4. The molecule has 1 saturated carbocycles. The minimum Gasteiger partial charge on any atom is -0.460 e. The van der Waals surface area contributed by atoms with Crippen LogP contribution in [0.25, 0.3) is 0 Å². The molecule has 3 aliphatic heterocycles. The quantitative estimate of drug-likeness (QED) is 0.616. The number of nitrogens with zero attached hydrogens (tertiary/aromatic N) is 1. The molecule has 0 radical (unpaired) electrons. The van der Waals surface area contributed by atoms with Crippen LogP contribution in [0.3, 0.4) is 0 Å². The molecule has 1 amide bonds. The molecule has 2 saturated heterocycles. The minimum atomic E-state index is -0.624. The van der Waals surface area contributed by atoms with E-state index >= 15 is 0 Å². The molecule has 2 bridgehead atoms. The first-order valence-corrected chi connectivity index (χ1v) is 9.56. The SMILES string of the molecule is O=C(OCc1ccccc1)[C@H]1[C@H]2C(=O)N(C3CCCC3)C[C@]23C=C[C@H]1O3. The van der Waals surface area contributed by atoms with E-state index in [-0.39, 0.29) is 24.6 Å². The van der Waals surface area contributed by atoms with E-state index in [1.54, 1.807) is 0 Å². The zero-order valence-corrected chi connectivity index (χ0v) is 14.7. The number of fused-ring (bicyclic) bond motifs is 1. The lowest BCUT2D eigenvalue weighted by Gasteiger charge is -2.26. The van der Waals surface area contributed by atoms with Crippen LogP contribution in [0.1, 0.15) is 31.2 Å². The Labute approximate surface area is 153 Å². The Balaban J connectivity index is 1.34. The van der Waals surface area contributed by atoms with E-state index < -0.39 is 17.4 Å². The Morgan fingerprint density at radius 3 is 2.77 bits per heavy atom. The van der Waals surface area contributed by atoms with Crippen molar-refractivity contribution in [3.63, 3.8) is 0 Å². The molecule has 0 aromatic heterocycles. The molecule has 26 heavy (non-hydrogen) atoms. The van der Waals surface area contributed by atoms with Gasteiger partial charge in [0.25, 0.3) is 0 Å². The zero-order chi connectivity index (χ0) is 17.7. The van der Waals surface area contributed by atoms with Gasteiger partial charge in [-0.25, -0.2) is 0 Å². The van der Waals surface area contributed by atoms with Crippen LogP contribution < -0.4 is 0 Å². The van der Waals surface area contributed by atoms with Crippen molar-refractivity contribution in [2.45, 2.75) is 50.0 Å². The monoisotopic (exact) mass is 353 g/mol. The van der Waals surface area contributed by atoms with Gasteiger partial charge in [0, 0.05) is 6.04 Å². The average molecular weight is 353 g/mol. The summed E-state index contributed by atoms with van der Waals surface area (Å²) in [7, 11) is 0. The summed E-state index contributed by atoms with van der Waals surface area (Å²) < 4.78 is 11.7. The Kier molecular flexibility index (Phi) is 3.67. The van der Waals surface area contributed by atoms with E-state index in [2.05, 4.69) is 0 Å². The Morgan fingerprint density at radius 1 is 1.23 bits per heavy atom. The van der Waals surface area contributed by atoms with E-state index in [0.29, 0.717) is 12.6 Å². The average Bonchev–Trinajstić information content (AvgIpc) is 3.42. The van der Waals surface area contributed by atoms with Crippen LogP contribution in [-0.4, -0.2) is 41.1 Å². The normalized spacial score (nSPS) is 35.3. The lowest BCUT2D eigenvalue weighted by molar-refractivity contribution is -0.155. The molecule has 1 aliphatic carbocycles. The van der Waals surface area contributed by atoms with Gasteiger partial charge >= 0.3 is 5.97 Å². The van der Waals surface area contributed by atoms with Gasteiger partial charge in [0.05, 0.1) is 18.6 Å². The topological polar surface area (TPSA) is 55.8 Å². The van der Waals surface area contributed by atoms with Crippen LogP contribution in [0.15, 0.2) is 42.5 Å².